The highest BCUT2D eigenvalue weighted by molar-refractivity contribution is 6.33. The van der Waals surface area contributed by atoms with Gasteiger partial charge in [0.15, 0.2) is 23.8 Å². The molecule has 3 aromatic rings. The van der Waals surface area contributed by atoms with E-state index in [1.807, 2.05) is 18.2 Å². The SMILES string of the molecule is COc1cc2c(Nc3ccccc3Cl)ncnc2cc1O[C@@H]1CO[C@@H]2C1OC[C@H]2F. The van der Waals surface area contributed by atoms with Crippen LogP contribution in [0.2, 0.25) is 5.02 Å². The minimum Gasteiger partial charge on any atom is -0.493 e. The molecule has 2 aliphatic heterocycles. The molecule has 3 heterocycles. The Kier molecular flexibility index (Phi) is 5.06. The average molecular weight is 432 g/mol. The molecule has 0 bridgehead atoms. The number of rotatable bonds is 5. The number of halogens is 2. The van der Waals surface area contributed by atoms with Gasteiger partial charge in [-0.25, -0.2) is 14.4 Å². The van der Waals surface area contributed by atoms with Crippen molar-refractivity contribution in [3.05, 3.63) is 47.7 Å². The van der Waals surface area contributed by atoms with Crippen LogP contribution in [0, 0.1) is 0 Å². The van der Waals surface area contributed by atoms with Crippen molar-refractivity contribution in [1.82, 2.24) is 9.97 Å². The molecule has 156 valence electrons. The first-order chi connectivity index (χ1) is 14.6. The van der Waals surface area contributed by atoms with E-state index in [9.17, 15) is 4.39 Å². The van der Waals surface area contributed by atoms with Gasteiger partial charge in [0.25, 0.3) is 0 Å². The van der Waals surface area contributed by atoms with Gasteiger partial charge in [0, 0.05) is 11.5 Å². The molecule has 2 aromatic carbocycles. The lowest BCUT2D eigenvalue weighted by atomic mass is 10.1. The standard InChI is InChI=1S/C21H19ClFN3O4/c1-27-16-6-11-15(24-10-25-21(11)26-14-5-3-2-4-12(14)22)7-17(16)30-18-9-29-19-13(23)8-28-20(18)19/h2-7,10,13,18-20H,8-9H2,1H3,(H,24,25,26)/t13-,18-,19+,20?/m1/s1. The van der Waals surface area contributed by atoms with Crippen LogP contribution in [0.1, 0.15) is 0 Å². The normalized spacial score (nSPS) is 25.3. The highest BCUT2D eigenvalue weighted by atomic mass is 35.5. The Morgan fingerprint density at radius 2 is 1.93 bits per heavy atom. The number of hydrogen-bond donors (Lipinski definition) is 1. The molecule has 0 aliphatic carbocycles. The summed E-state index contributed by atoms with van der Waals surface area (Å²) in [5.74, 6) is 1.56. The van der Waals surface area contributed by atoms with Gasteiger partial charge in [-0.3, -0.25) is 0 Å². The van der Waals surface area contributed by atoms with Gasteiger partial charge >= 0.3 is 0 Å². The summed E-state index contributed by atoms with van der Waals surface area (Å²) in [6, 6.07) is 11.0. The van der Waals surface area contributed by atoms with Gasteiger partial charge in [0.2, 0.25) is 0 Å². The van der Waals surface area contributed by atoms with E-state index in [1.54, 1.807) is 25.3 Å². The van der Waals surface area contributed by atoms with E-state index >= 15 is 0 Å². The molecule has 7 nitrogen and oxygen atoms in total. The third-order valence-corrected chi connectivity index (χ3v) is 5.60. The lowest BCUT2D eigenvalue weighted by molar-refractivity contribution is 0.0271. The number of fused-ring (bicyclic) bond motifs is 2. The van der Waals surface area contributed by atoms with Crippen molar-refractivity contribution < 1.29 is 23.3 Å². The molecule has 2 saturated heterocycles. The fraction of sp³-hybridized carbons (Fsp3) is 0.333. The molecule has 1 N–H and O–H groups in total. The molecule has 9 heteroatoms. The Labute approximate surface area is 177 Å². The summed E-state index contributed by atoms with van der Waals surface area (Å²) in [7, 11) is 1.55. The van der Waals surface area contributed by atoms with Crippen LogP contribution >= 0.6 is 11.6 Å². The molecule has 0 amide bonds. The molecule has 30 heavy (non-hydrogen) atoms. The Morgan fingerprint density at radius 1 is 1.10 bits per heavy atom. The first kappa shape index (κ1) is 19.3. The van der Waals surface area contributed by atoms with Gasteiger partial charge in [-0.1, -0.05) is 23.7 Å². The molecule has 2 fully saturated rings. The van der Waals surface area contributed by atoms with E-state index in [1.165, 1.54) is 6.33 Å². The zero-order valence-corrected chi connectivity index (χ0v) is 16.8. The number of para-hydroxylation sites is 1. The highest BCUT2D eigenvalue weighted by Crippen LogP contribution is 2.38. The van der Waals surface area contributed by atoms with Crippen LogP contribution in [0.15, 0.2) is 42.7 Å². The van der Waals surface area contributed by atoms with Crippen LogP contribution in [0.3, 0.4) is 0 Å². The molecule has 0 spiro atoms. The van der Waals surface area contributed by atoms with Crippen LogP contribution in [0.5, 0.6) is 11.5 Å². The molecule has 4 atom stereocenters. The first-order valence-electron chi connectivity index (χ1n) is 9.52. The van der Waals surface area contributed by atoms with Crippen LogP contribution in [0.4, 0.5) is 15.9 Å². The predicted octanol–water partition coefficient (Wildman–Crippen LogP) is 3.92. The Bertz CT molecular complexity index is 1090. The number of nitrogens with zero attached hydrogens (tertiary/aromatic N) is 2. The van der Waals surface area contributed by atoms with E-state index in [2.05, 4.69) is 15.3 Å². The van der Waals surface area contributed by atoms with Gasteiger partial charge in [0.1, 0.15) is 24.4 Å². The molecule has 0 saturated carbocycles. The summed E-state index contributed by atoms with van der Waals surface area (Å²) in [5.41, 5.74) is 1.38. The summed E-state index contributed by atoms with van der Waals surface area (Å²) in [6.07, 6.45) is -1.13. The summed E-state index contributed by atoms with van der Waals surface area (Å²) < 4.78 is 36.5. The van der Waals surface area contributed by atoms with Crippen LogP contribution < -0.4 is 14.8 Å². The summed E-state index contributed by atoms with van der Waals surface area (Å²) >= 11 is 6.26. The fourth-order valence-electron chi connectivity index (χ4n) is 3.79. The zero-order chi connectivity index (χ0) is 20.7. The quantitative estimate of drug-likeness (QED) is 0.656. The van der Waals surface area contributed by atoms with Gasteiger partial charge in [-0.05, 0) is 18.2 Å². The Balaban J connectivity index is 1.47. The van der Waals surface area contributed by atoms with Crippen molar-refractivity contribution in [1.29, 1.82) is 0 Å². The highest BCUT2D eigenvalue weighted by Gasteiger charge is 2.49. The second kappa shape index (κ2) is 7.86. The van der Waals surface area contributed by atoms with E-state index in [0.29, 0.717) is 27.9 Å². The maximum atomic E-state index is 13.8. The molecule has 2 aliphatic rings. The lowest BCUT2D eigenvalue weighted by Gasteiger charge is -2.20. The molecule has 0 radical (unpaired) electrons. The Morgan fingerprint density at radius 3 is 2.77 bits per heavy atom. The lowest BCUT2D eigenvalue weighted by Crippen LogP contribution is -2.33. The number of benzene rings is 2. The average Bonchev–Trinajstić information content (AvgIpc) is 3.32. The van der Waals surface area contributed by atoms with Gasteiger partial charge in [0.05, 0.1) is 36.6 Å². The second-order valence-corrected chi connectivity index (χ2v) is 7.52. The van der Waals surface area contributed by atoms with Crippen molar-refractivity contribution in [2.75, 3.05) is 25.6 Å². The van der Waals surface area contributed by atoms with E-state index in [4.69, 9.17) is 30.5 Å². The molecule has 1 aromatic heterocycles. The van der Waals surface area contributed by atoms with Crippen LogP contribution in [-0.4, -0.2) is 54.8 Å². The summed E-state index contributed by atoms with van der Waals surface area (Å²) in [6.45, 7) is 0.272. The number of hydrogen-bond acceptors (Lipinski definition) is 7. The van der Waals surface area contributed by atoms with Crippen LogP contribution in [-0.2, 0) is 9.47 Å². The van der Waals surface area contributed by atoms with Crippen molar-refractivity contribution in [2.24, 2.45) is 0 Å². The van der Waals surface area contributed by atoms with Crippen LogP contribution in [0.25, 0.3) is 10.9 Å². The molecular weight excluding hydrogens is 413 g/mol. The summed E-state index contributed by atoms with van der Waals surface area (Å²) in [5, 5.41) is 4.55. The largest absolute Gasteiger partial charge is 0.493 e. The maximum absolute atomic E-state index is 13.8. The van der Waals surface area contributed by atoms with E-state index in [-0.39, 0.29) is 13.2 Å². The number of alkyl halides is 1. The summed E-state index contributed by atoms with van der Waals surface area (Å²) in [4.78, 5) is 8.70. The van der Waals surface area contributed by atoms with Crippen molar-refractivity contribution in [3.63, 3.8) is 0 Å². The number of ether oxygens (including phenoxy) is 4. The third kappa shape index (κ3) is 3.40. The van der Waals surface area contributed by atoms with Crippen molar-refractivity contribution >= 4 is 34.0 Å². The first-order valence-corrected chi connectivity index (χ1v) is 9.90. The number of aromatic nitrogens is 2. The Hall–Kier alpha value is -2.68. The topological polar surface area (TPSA) is 74.7 Å². The minimum atomic E-state index is -1.13. The molecule has 5 rings (SSSR count). The second-order valence-electron chi connectivity index (χ2n) is 7.12. The van der Waals surface area contributed by atoms with E-state index < -0.39 is 24.5 Å². The van der Waals surface area contributed by atoms with Crippen molar-refractivity contribution in [3.8, 4) is 11.5 Å². The number of anilines is 2. The zero-order valence-electron chi connectivity index (χ0n) is 16.0. The van der Waals surface area contributed by atoms with Gasteiger partial charge < -0.3 is 24.3 Å². The molecule has 1 unspecified atom stereocenters. The third-order valence-electron chi connectivity index (χ3n) is 5.27. The maximum Gasteiger partial charge on any atom is 0.164 e. The van der Waals surface area contributed by atoms with Gasteiger partial charge in [-0.2, -0.15) is 0 Å². The monoisotopic (exact) mass is 431 g/mol. The number of nitrogens with one attached hydrogen (secondary N) is 1. The minimum absolute atomic E-state index is 0.0222. The smallest absolute Gasteiger partial charge is 0.164 e. The number of methoxy groups -OCH3 is 1. The van der Waals surface area contributed by atoms with E-state index in [0.717, 1.165) is 11.1 Å². The fourth-order valence-corrected chi connectivity index (χ4v) is 3.97. The molecular formula is C21H19ClFN3O4. The van der Waals surface area contributed by atoms with Gasteiger partial charge in [-0.15, -0.1) is 0 Å². The predicted molar refractivity (Wildman–Crippen MR) is 110 cm³/mol. The van der Waals surface area contributed by atoms with Crippen molar-refractivity contribution in [2.45, 2.75) is 24.5 Å².